The molecule has 1 aromatic heterocycles. The first-order chi connectivity index (χ1) is 22.2. The van der Waals surface area contributed by atoms with Gasteiger partial charge in [-0.05, 0) is 73.9 Å². The molecule has 0 amide bonds. The van der Waals surface area contributed by atoms with Gasteiger partial charge in [0.05, 0.1) is 11.9 Å². The number of carbonyl (C=O) groups is 1. The Balaban J connectivity index is 1.61. The molecule has 2 atom stereocenters. The van der Waals surface area contributed by atoms with E-state index < -0.39 is 0 Å². The van der Waals surface area contributed by atoms with Crippen LogP contribution in [0.5, 0.6) is 5.75 Å². The quantitative estimate of drug-likeness (QED) is 0.0299. The molecule has 0 radical (unpaired) electrons. The second-order valence-corrected chi connectivity index (χ2v) is 13.8. The number of aromatic nitrogens is 1. The fraction of sp³-hybridized carbons (Fsp3) is 0.568. The Bertz CT molecular complexity index is 1320. The summed E-state index contributed by atoms with van der Waals surface area (Å²) in [7, 11) is 0. The van der Waals surface area contributed by atoms with Gasteiger partial charge in [-0.25, -0.2) is 15.8 Å². The van der Waals surface area contributed by atoms with E-state index in [1.54, 1.807) is 30.5 Å². The zero-order chi connectivity index (χ0) is 33.3. The summed E-state index contributed by atoms with van der Waals surface area (Å²) in [6.07, 6.45) is 12.3. The van der Waals surface area contributed by atoms with Gasteiger partial charge in [-0.2, -0.15) is 0 Å². The van der Waals surface area contributed by atoms with Crippen LogP contribution in [0.1, 0.15) is 105 Å². The van der Waals surface area contributed by atoms with E-state index in [0.717, 1.165) is 35.7 Å². The van der Waals surface area contributed by atoms with E-state index in [4.69, 9.17) is 4.74 Å². The van der Waals surface area contributed by atoms with Gasteiger partial charge in [0.1, 0.15) is 5.75 Å². The third-order valence-corrected chi connectivity index (χ3v) is 9.23. The minimum absolute atomic E-state index is 0.232. The van der Waals surface area contributed by atoms with Gasteiger partial charge in [0.15, 0.2) is 10.7 Å². The van der Waals surface area contributed by atoms with Gasteiger partial charge in [-0.1, -0.05) is 91.4 Å². The number of anilines is 2. The van der Waals surface area contributed by atoms with Crippen molar-refractivity contribution < 1.29 is 15.0 Å². The Hall–Kier alpha value is -3.30. The molecule has 3 N–H and O–H groups in total. The third kappa shape index (κ3) is 12.8. The van der Waals surface area contributed by atoms with Gasteiger partial charge in [0.25, 0.3) is 0 Å². The second kappa shape index (κ2) is 20.0. The standard InChI is InChI=1S/C37H56N6O2S/c1-8-12-14-29(10-3)25-43(26-30(11-4)15-13-9-2)32-18-21-34(28(7)23-32)40-42-37-38-24-35(46-37)41-39-31-16-19-33(20-17-31)45-36(44)22-27(5)6/h16-21,23-24,27,29-30,40H,8-15,22,25-26H2,1-7H3,(H,38,42)/p+1. The minimum atomic E-state index is -0.232. The van der Waals surface area contributed by atoms with Crippen LogP contribution in [0.2, 0.25) is 0 Å². The van der Waals surface area contributed by atoms with Crippen molar-refractivity contribution in [2.75, 3.05) is 23.4 Å². The van der Waals surface area contributed by atoms with Crippen LogP contribution in [-0.2, 0) is 4.79 Å². The molecule has 0 saturated heterocycles. The molecule has 252 valence electrons. The minimum Gasteiger partial charge on any atom is -0.427 e. The number of thiazole rings is 1. The highest BCUT2D eigenvalue weighted by molar-refractivity contribution is 7.19. The maximum absolute atomic E-state index is 11.9. The molecule has 2 aromatic carbocycles. The van der Waals surface area contributed by atoms with Crippen LogP contribution in [0.25, 0.3) is 0 Å². The number of benzene rings is 2. The van der Waals surface area contributed by atoms with Crippen molar-refractivity contribution in [3.8, 4) is 5.75 Å². The van der Waals surface area contributed by atoms with E-state index in [2.05, 4.69) is 78.4 Å². The number of nitrogens with one attached hydrogen (secondary N) is 1. The smallest absolute Gasteiger partial charge is 0.311 e. The van der Waals surface area contributed by atoms with Crippen molar-refractivity contribution in [1.82, 2.24) is 4.98 Å². The number of carbonyl (C=O) groups excluding carboxylic acids is 1. The topological polar surface area (TPSA) is 95.8 Å². The summed E-state index contributed by atoms with van der Waals surface area (Å²) in [6, 6.07) is 13.9. The Kier molecular flexibility index (Phi) is 16.2. The summed E-state index contributed by atoms with van der Waals surface area (Å²) in [5.74, 6) is 1.99. The van der Waals surface area contributed by atoms with Crippen molar-refractivity contribution in [3.05, 3.63) is 54.2 Å². The van der Waals surface area contributed by atoms with E-state index in [1.807, 2.05) is 19.3 Å². The number of aryl methyl sites for hydroxylation is 1. The number of esters is 1. The molecule has 0 spiro atoms. The van der Waals surface area contributed by atoms with Gasteiger partial charge < -0.3 is 9.64 Å². The molecular formula is C37H57N6O2S+. The van der Waals surface area contributed by atoms with Crippen LogP contribution in [0.15, 0.2) is 58.9 Å². The van der Waals surface area contributed by atoms with Crippen LogP contribution in [0, 0.1) is 24.7 Å². The highest BCUT2D eigenvalue weighted by Gasteiger charge is 2.19. The Morgan fingerprint density at radius 2 is 1.61 bits per heavy atom. The number of unbranched alkanes of at least 4 members (excludes halogenated alkanes) is 2. The number of azo groups is 1. The highest BCUT2D eigenvalue weighted by Crippen LogP contribution is 2.29. The summed E-state index contributed by atoms with van der Waals surface area (Å²) < 4.78 is 5.37. The summed E-state index contributed by atoms with van der Waals surface area (Å²) in [6.45, 7) is 17.7. The van der Waals surface area contributed by atoms with Crippen molar-refractivity contribution in [2.24, 2.45) is 28.0 Å². The Labute approximate surface area is 281 Å². The predicted molar refractivity (Wildman–Crippen MR) is 193 cm³/mol. The lowest BCUT2D eigenvalue weighted by molar-refractivity contribution is -0.538. The van der Waals surface area contributed by atoms with E-state index in [-0.39, 0.29) is 11.9 Å². The Morgan fingerprint density at radius 3 is 2.17 bits per heavy atom. The molecule has 46 heavy (non-hydrogen) atoms. The summed E-state index contributed by atoms with van der Waals surface area (Å²) >= 11 is 1.44. The lowest BCUT2D eigenvalue weighted by atomic mass is 9.95. The van der Waals surface area contributed by atoms with Gasteiger partial charge in [0.2, 0.25) is 5.13 Å². The zero-order valence-electron chi connectivity index (χ0n) is 29.2. The largest absolute Gasteiger partial charge is 0.427 e. The summed E-state index contributed by atoms with van der Waals surface area (Å²) in [5.41, 5.74) is 9.77. The fourth-order valence-corrected chi connectivity index (χ4v) is 6.08. The molecule has 3 rings (SSSR count). The number of nitrogen functional groups attached to an aromatic ring is 1. The van der Waals surface area contributed by atoms with Gasteiger partial charge >= 0.3 is 5.97 Å². The number of rotatable bonds is 21. The number of nitrogens with two attached hydrogens (primary N) is 1. The van der Waals surface area contributed by atoms with Crippen LogP contribution < -0.4 is 20.5 Å². The first-order valence-electron chi connectivity index (χ1n) is 17.4. The number of hydrogen-bond acceptors (Lipinski definition) is 8. The molecule has 3 aromatic rings. The number of ether oxygens (including phenoxy) is 1. The third-order valence-electron chi connectivity index (χ3n) is 8.41. The average Bonchev–Trinajstić information content (AvgIpc) is 3.50. The molecule has 0 fully saturated rings. The number of quaternary nitrogens is 1. The predicted octanol–water partition coefficient (Wildman–Crippen LogP) is 10.3. The van der Waals surface area contributed by atoms with E-state index in [0.29, 0.717) is 22.9 Å². The van der Waals surface area contributed by atoms with E-state index in [9.17, 15) is 4.79 Å². The van der Waals surface area contributed by atoms with Gasteiger partial charge in [-0.3, -0.25) is 4.79 Å². The molecule has 2 unspecified atom stereocenters. The molecule has 9 heteroatoms. The maximum atomic E-state index is 11.9. The molecule has 0 aliphatic heterocycles. The molecule has 0 bridgehead atoms. The Morgan fingerprint density at radius 1 is 0.957 bits per heavy atom. The fourth-order valence-electron chi connectivity index (χ4n) is 5.47. The van der Waals surface area contributed by atoms with Gasteiger partial charge in [0, 0.05) is 36.8 Å². The van der Waals surface area contributed by atoms with Crippen LogP contribution in [-0.4, -0.2) is 24.0 Å². The first-order valence-corrected chi connectivity index (χ1v) is 18.2. The lowest BCUT2D eigenvalue weighted by Gasteiger charge is -2.33. The lowest BCUT2D eigenvalue weighted by Crippen LogP contribution is -2.83. The summed E-state index contributed by atoms with van der Waals surface area (Å²) in [4.78, 5) is 19.0. The van der Waals surface area contributed by atoms with E-state index in [1.165, 1.54) is 74.0 Å². The SMILES string of the molecule is CCCCC(CC)CN(CC(CC)CCCC)c1ccc([NH2+]Nc2ncc(N=Nc3ccc(OC(=O)CC(C)C)cc3)s2)c(C)c1. The first kappa shape index (κ1) is 37.2. The van der Waals surface area contributed by atoms with Crippen molar-refractivity contribution in [1.29, 1.82) is 0 Å². The van der Waals surface area contributed by atoms with Crippen LogP contribution in [0.3, 0.4) is 0 Å². The van der Waals surface area contributed by atoms with Gasteiger partial charge in [-0.15, -0.1) is 10.2 Å². The molecule has 8 nitrogen and oxygen atoms in total. The summed E-state index contributed by atoms with van der Waals surface area (Å²) in [5, 5.41) is 10.1. The monoisotopic (exact) mass is 649 g/mol. The molecule has 0 aliphatic rings. The number of hydrogen-bond donors (Lipinski definition) is 2. The highest BCUT2D eigenvalue weighted by atomic mass is 32.1. The molecule has 0 saturated carbocycles. The molecule has 0 aliphatic carbocycles. The van der Waals surface area contributed by atoms with Crippen molar-refractivity contribution >= 4 is 44.5 Å². The van der Waals surface area contributed by atoms with Crippen molar-refractivity contribution in [2.45, 2.75) is 106 Å². The zero-order valence-corrected chi connectivity index (χ0v) is 30.0. The van der Waals surface area contributed by atoms with E-state index >= 15 is 0 Å². The number of nitrogens with zero attached hydrogens (tertiary/aromatic N) is 4. The normalized spacial score (nSPS) is 12.9. The molecule has 1 heterocycles. The van der Waals surface area contributed by atoms with Crippen molar-refractivity contribution in [3.63, 3.8) is 0 Å². The van der Waals surface area contributed by atoms with Crippen LogP contribution in [0.4, 0.5) is 27.2 Å². The van der Waals surface area contributed by atoms with Crippen LogP contribution >= 0.6 is 11.3 Å². The molecular weight excluding hydrogens is 593 g/mol. The second-order valence-electron chi connectivity index (χ2n) is 12.8. The maximum Gasteiger partial charge on any atom is 0.311 e. The average molecular weight is 650 g/mol.